The van der Waals surface area contributed by atoms with Crippen LogP contribution in [0, 0.1) is 0 Å². The molecule has 126 valence electrons. The maximum absolute atomic E-state index is 12.3. The minimum atomic E-state index is -0.330. The molecular weight excluding hydrogens is 349 g/mol. The molecule has 3 rings (SSSR count). The summed E-state index contributed by atoms with van der Waals surface area (Å²) in [6, 6.07) is 5.07. The Bertz CT molecular complexity index is 730. The fraction of sp³-hybridized carbons (Fsp3) is 0.312. The van der Waals surface area contributed by atoms with Gasteiger partial charge >= 0.3 is 0 Å². The first-order chi connectivity index (χ1) is 11.5. The van der Waals surface area contributed by atoms with Gasteiger partial charge in [-0.15, -0.1) is 0 Å². The third-order valence-electron chi connectivity index (χ3n) is 3.89. The van der Waals surface area contributed by atoms with Crippen LogP contribution in [0.25, 0.3) is 0 Å². The lowest BCUT2D eigenvalue weighted by atomic mass is 10.2. The van der Waals surface area contributed by atoms with E-state index in [0.717, 1.165) is 26.2 Å². The predicted octanol–water partition coefficient (Wildman–Crippen LogP) is 2.79. The number of likely N-dealkylation sites (N-methyl/N-ethyl adjacent to an activating group) is 1. The number of benzene rings is 1. The van der Waals surface area contributed by atoms with Gasteiger partial charge in [-0.1, -0.05) is 29.3 Å². The highest BCUT2D eigenvalue weighted by Gasteiger charge is 2.17. The smallest absolute Gasteiger partial charge is 0.258 e. The van der Waals surface area contributed by atoms with Gasteiger partial charge in [0.25, 0.3) is 5.91 Å². The van der Waals surface area contributed by atoms with E-state index in [2.05, 4.69) is 32.1 Å². The number of carbonyl (C=O) groups excluding carboxylic acids is 1. The minimum Gasteiger partial charge on any atom is -0.338 e. The van der Waals surface area contributed by atoms with E-state index in [1.54, 1.807) is 18.2 Å². The Morgan fingerprint density at radius 1 is 1.12 bits per heavy atom. The zero-order valence-electron chi connectivity index (χ0n) is 13.2. The largest absolute Gasteiger partial charge is 0.338 e. The van der Waals surface area contributed by atoms with Crippen molar-refractivity contribution in [3.05, 3.63) is 46.2 Å². The highest BCUT2D eigenvalue weighted by Crippen LogP contribution is 2.29. The van der Waals surface area contributed by atoms with Crippen molar-refractivity contribution in [2.45, 2.75) is 0 Å². The van der Waals surface area contributed by atoms with Crippen molar-refractivity contribution < 1.29 is 4.79 Å². The minimum absolute atomic E-state index is 0.308. The van der Waals surface area contributed by atoms with E-state index >= 15 is 0 Å². The summed E-state index contributed by atoms with van der Waals surface area (Å²) >= 11 is 12.0. The van der Waals surface area contributed by atoms with Crippen LogP contribution in [-0.2, 0) is 0 Å². The van der Waals surface area contributed by atoms with Crippen LogP contribution in [-0.4, -0.2) is 54.0 Å². The maximum atomic E-state index is 12.3. The third-order valence-corrected chi connectivity index (χ3v) is 4.71. The highest BCUT2D eigenvalue weighted by atomic mass is 35.5. The van der Waals surface area contributed by atoms with E-state index in [1.807, 2.05) is 0 Å². The van der Waals surface area contributed by atoms with E-state index < -0.39 is 0 Å². The van der Waals surface area contributed by atoms with Crippen molar-refractivity contribution in [3.63, 3.8) is 0 Å². The van der Waals surface area contributed by atoms with Crippen molar-refractivity contribution in [1.29, 1.82) is 0 Å². The Balaban J connectivity index is 1.69. The van der Waals surface area contributed by atoms with Crippen LogP contribution in [0.4, 0.5) is 11.6 Å². The van der Waals surface area contributed by atoms with Crippen LogP contribution in [0.15, 0.2) is 30.6 Å². The molecule has 1 aliphatic rings. The quantitative estimate of drug-likeness (QED) is 0.905. The van der Waals surface area contributed by atoms with E-state index in [9.17, 15) is 4.79 Å². The van der Waals surface area contributed by atoms with Gasteiger partial charge in [-0.3, -0.25) is 4.79 Å². The molecule has 0 spiro atoms. The molecule has 1 N–H and O–H groups in total. The summed E-state index contributed by atoms with van der Waals surface area (Å²) in [7, 11) is 2.09. The Morgan fingerprint density at radius 2 is 1.79 bits per heavy atom. The summed E-state index contributed by atoms with van der Waals surface area (Å²) in [5, 5.41) is 3.41. The first-order valence-corrected chi connectivity index (χ1v) is 8.31. The van der Waals surface area contributed by atoms with Crippen LogP contribution in [0.1, 0.15) is 10.4 Å². The second-order valence-electron chi connectivity index (χ2n) is 5.62. The molecule has 0 bridgehead atoms. The average molecular weight is 366 g/mol. The van der Waals surface area contributed by atoms with Crippen molar-refractivity contribution in [3.8, 4) is 0 Å². The van der Waals surface area contributed by atoms with Gasteiger partial charge in [0.1, 0.15) is 0 Å². The molecule has 1 fully saturated rings. The molecule has 1 aromatic heterocycles. The summed E-state index contributed by atoms with van der Waals surface area (Å²) in [6.45, 7) is 3.69. The molecule has 0 radical (unpaired) electrons. The summed E-state index contributed by atoms with van der Waals surface area (Å²) in [6.07, 6.45) is 3.04. The van der Waals surface area contributed by atoms with Crippen molar-refractivity contribution in [2.24, 2.45) is 0 Å². The van der Waals surface area contributed by atoms with E-state index in [1.165, 1.54) is 12.4 Å². The van der Waals surface area contributed by atoms with Crippen LogP contribution < -0.4 is 10.2 Å². The Hall–Kier alpha value is -1.89. The number of hydrogen-bond donors (Lipinski definition) is 1. The summed E-state index contributed by atoms with van der Waals surface area (Å²) in [4.78, 5) is 25.3. The lowest BCUT2D eigenvalue weighted by Gasteiger charge is -2.32. The number of rotatable bonds is 3. The van der Waals surface area contributed by atoms with Crippen LogP contribution >= 0.6 is 23.2 Å². The molecular formula is C16H17Cl2N5O. The van der Waals surface area contributed by atoms with Crippen molar-refractivity contribution in [1.82, 2.24) is 14.9 Å². The number of nitrogens with zero attached hydrogens (tertiary/aromatic N) is 4. The molecule has 1 amide bonds. The lowest BCUT2D eigenvalue weighted by Crippen LogP contribution is -2.45. The van der Waals surface area contributed by atoms with Gasteiger partial charge in [-0.05, 0) is 19.2 Å². The molecule has 0 aliphatic carbocycles. The van der Waals surface area contributed by atoms with Gasteiger partial charge in [0.05, 0.1) is 21.3 Å². The number of carbonyl (C=O) groups is 1. The van der Waals surface area contributed by atoms with E-state index in [-0.39, 0.29) is 5.91 Å². The van der Waals surface area contributed by atoms with E-state index in [0.29, 0.717) is 27.2 Å². The topological polar surface area (TPSA) is 61.4 Å². The Kier molecular flexibility index (Phi) is 5.18. The van der Waals surface area contributed by atoms with Crippen LogP contribution in [0.3, 0.4) is 0 Å². The van der Waals surface area contributed by atoms with Crippen LogP contribution in [0.5, 0.6) is 0 Å². The van der Waals surface area contributed by atoms with Gasteiger partial charge in [0.2, 0.25) is 5.95 Å². The predicted molar refractivity (Wildman–Crippen MR) is 96.2 cm³/mol. The van der Waals surface area contributed by atoms with Gasteiger partial charge in [-0.25, -0.2) is 9.97 Å². The molecule has 0 saturated carbocycles. The summed E-state index contributed by atoms with van der Waals surface area (Å²) < 4.78 is 0. The molecule has 6 nitrogen and oxygen atoms in total. The SMILES string of the molecule is CN1CCN(c2ncc(C(=O)Nc3cccc(Cl)c3Cl)cn2)CC1. The fourth-order valence-corrected chi connectivity index (χ4v) is 2.75. The third kappa shape index (κ3) is 3.77. The van der Waals surface area contributed by atoms with Gasteiger partial charge < -0.3 is 15.1 Å². The fourth-order valence-electron chi connectivity index (χ4n) is 2.40. The molecule has 2 heterocycles. The molecule has 1 aliphatic heterocycles. The zero-order chi connectivity index (χ0) is 17.1. The first kappa shape index (κ1) is 17.0. The number of nitrogens with one attached hydrogen (secondary N) is 1. The number of amides is 1. The number of piperazine rings is 1. The number of aromatic nitrogens is 2. The molecule has 1 aromatic carbocycles. The molecule has 0 unspecified atom stereocenters. The molecule has 8 heteroatoms. The number of anilines is 2. The summed E-state index contributed by atoms with van der Waals surface area (Å²) in [5.41, 5.74) is 0.821. The number of hydrogen-bond acceptors (Lipinski definition) is 5. The van der Waals surface area contributed by atoms with Gasteiger partial charge in [-0.2, -0.15) is 0 Å². The first-order valence-electron chi connectivity index (χ1n) is 7.55. The highest BCUT2D eigenvalue weighted by molar-refractivity contribution is 6.44. The average Bonchev–Trinajstić information content (AvgIpc) is 2.60. The van der Waals surface area contributed by atoms with Crippen molar-refractivity contribution >= 4 is 40.7 Å². The second kappa shape index (κ2) is 7.34. The Morgan fingerprint density at radius 3 is 2.46 bits per heavy atom. The zero-order valence-corrected chi connectivity index (χ0v) is 14.7. The molecule has 1 saturated heterocycles. The Labute approximate surface area is 150 Å². The van der Waals surface area contributed by atoms with Crippen LogP contribution in [0.2, 0.25) is 10.0 Å². The normalized spacial score (nSPS) is 15.4. The molecule has 2 aromatic rings. The van der Waals surface area contributed by atoms with E-state index in [4.69, 9.17) is 23.2 Å². The van der Waals surface area contributed by atoms with Crippen molar-refractivity contribution in [2.75, 3.05) is 43.4 Å². The monoisotopic (exact) mass is 365 g/mol. The number of halogens is 2. The standard InChI is InChI=1S/C16H17Cl2N5O/c1-22-5-7-23(8-6-22)16-19-9-11(10-20-16)15(24)21-13-4-2-3-12(17)14(13)18/h2-4,9-10H,5-8H2,1H3,(H,21,24). The lowest BCUT2D eigenvalue weighted by molar-refractivity contribution is 0.102. The molecule has 0 atom stereocenters. The molecule has 24 heavy (non-hydrogen) atoms. The summed E-state index contributed by atoms with van der Waals surface area (Å²) in [5.74, 6) is 0.310. The maximum Gasteiger partial charge on any atom is 0.258 e. The van der Waals surface area contributed by atoms with Gasteiger partial charge in [0, 0.05) is 38.6 Å². The second-order valence-corrected chi connectivity index (χ2v) is 6.40. The van der Waals surface area contributed by atoms with Gasteiger partial charge in [0.15, 0.2) is 0 Å².